The molecule has 0 radical (unpaired) electrons. The molecule has 0 spiro atoms. The SMILES string of the molecule is C1=CC2OCCOC2C=C1.CC.CC.CC.CC.CC.CC.c1ccc2c(c1)=NCN=2.c1ccc2ncccc2c1.c1ccc2nccnc2c1.c1ccc2nonc2c1.c1ccc2nsnc2c1. The fourth-order valence-corrected chi connectivity index (χ4v) is 6.06. The van der Waals surface area contributed by atoms with Crippen molar-refractivity contribution in [2.45, 2.75) is 95.3 Å². The van der Waals surface area contributed by atoms with Gasteiger partial charge in [0.05, 0.1) is 52.2 Å². The number of nitrogens with zero attached hydrogens (tertiary/aromatic N) is 9. The number of benzene rings is 5. The first-order valence-electron chi connectivity index (χ1n) is 24.1. The minimum atomic E-state index is 0.166. The maximum absolute atomic E-state index is 5.42. The average Bonchev–Trinajstić information content (AvgIpc) is 4.28. The Bertz CT molecular complexity index is 2430. The quantitative estimate of drug-likeness (QED) is 0.144. The number of hydrogen-bond donors (Lipinski definition) is 0. The van der Waals surface area contributed by atoms with Gasteiger partial charge in [-0.1, -0.05) is 180 Å². The topological polar surface area (TPSA) is 147 Å². The zero-order valence-corrected chi connectivity index (χ0v) is 43.5. The third-order valence-electron chi connectivity index (χ3n) is 8.31. The van der Waals surface area contributed by atoms with Gasteiger partial charge in [0.15, 0.2) is 0 Å². The Kier molecular flexibility index (Phi) is 35.0. The Labute approximate surface area is 414 Å². The summed E-state index contributed by atoms with van der Waals surface area (Å²) in [6.45, 7) is 26.1. The molecule has 0 amide bonds. The van der Waals surface area contributed by atoms with E-state index in [0.717, 1.165) is 62.5 Å². The number of rotatable bonds is 0. The predicted molar refractivity (Wildman–Crippen MR) is 290 cm³/mol. The van der Waals surface area contributed by atoms with Crippen LogP contribution in [-0.2, 0) is 9.47 Å². The number of allylic oxidation sites excluding steroid dienone is 2. The molecule has 4 aromatic heterocycles. The molecule has 5 aromatic carbocycles. The van der Waals surface area contributed by atoms with E-state index in [9.17, 15) is 0 Å². The molecule has 6 heterocycles. The van der Waals surface area contributed by atoms with E-state index in [1.165, 1.54) is 17.1 Å². The third kappa shape index (κ3) is 22.2. The van der Waals surface area contributed by atoms with Gasteiger partial charge in [-0.15, -0.1) is 0 Å². The van der Waals surface area contributed by atoms with Crippen LogP contribution in [0, 0.1) is 0 Å². The monoisotopic (exact) mass is 952 g/mol. The lowest BCUT2D eigenvalue weighted by molar-refractivity contribution is -0.102. The fraction of sp³-hybridized carbons (Fsp3) is 0.304. The molecule has 2 atom stereocenters. The van der Waals surface area contributed by atoms with Crippen molar-refractivity contribution in [3.8, 4) is 0 Å². The fourth-order valence-electron chi connectivity index (χ4n) is 5.53. The minimum absolute atomic E-state index is 0.166. The molecule has 13 heteroatoms. The van der Waals surface area contributed by atoms with Gasteiger partial charge >= 0.3 is 0 Å². The van der Waals surface area contributed by atoms with Crippen LogP contribution in [-0.4, -0.2) is 66.1 Å². The van der Waals surface area contributed by atoms with E-state index in [4.69, 9.17) is 9.47 Å². The number of fused-ring (bicyclic) bond motifs is 6. The van der Waals surface area contributed by atoms with Crippen LogP contribution in [0.3, 0.4) is 0 Å². The minimum Gasteiger partial charge on any atom is -0.369 e. The second-order valence-electron chi connectivity index (χ2n) is 12.1. The smallest absolute Gasteiger partial charge is 0.135 e. The maximum atomic E-state index is 5.42. The van der Waals surface area contributed by atoms with Crippen LogP contribution >= 0.6 is 11.7 Å². The molecule has 3 aliphatic rings. The first-order chi connectivity index (χ1) is 34.3. The molecule has 1 fully saturated rings. The van der Waals surface area contributed by atoms with Gasteiger partial charge in [0.2, 0.25) is 0 Å². The van der Waals surface area contributed by atoms with Gasteiger partial charge in [-0.25, -0.2) is 4.63 Å². The van der Waals surface area contributed by atoms with Crippen LogP contribution in [0.15, 0.2) is 191 Å². The van der Waals surface area contributed by atoms with E-state index in [1.54, 1.807) is 12.4 Å². The van der Waals surface area contributed by atoms with Gasteiger partial charge < -0.3 is 9.47 Å². The van der Waals surface area contributed by atoms with Gasteiger partial charge in [0.1, 0.15) is 40.9 Å². The number of pyridine rings is 1. The molecule has 69 heavy (non-hydrogen) atoms. The summed E-state index contributed by atoms with van der Waals surface area (Å²) in [6, 6.07) is 43.1. The van der Waals surface area contributed by atoms with Crippen molar-refractivity contribution in [3.63, 3.8) is 0 Å². The molecule has 9 aromatic rings. The Balaban J connectivity index is 0.000000396. The summed E-state index contributed by atoms with van der Waals surface area (Å²) < 4.78 is 23.4. The maximum Gasteiger partial charge on any atom is 0.135 e. The average molecular weight is 952 g/mol. The van der Waals surface area contributed by atoms with E-state index in [0.29, 0.717) is 6.67 Å². The summed E-state index contributed by atoms with van der Waals surface area (Å²) >= 11 is 1.25. The van der Waals surface area contributed by atoms with Gasteiger partial charge in [0, 0.05) is 24.0 Å². The van der Waals surface area contributed by atoms with Crippen LogP contribution < -0.4 is 10.7 Å². The molecule has 0 saturated carbocycles. The summed E-state index contributed by atoms with van der Waals surface area (Å²) in [6.07, 6.45) is 13.6. The van der Waals surface area contributed by atoms with Crippen molar-refractivity contribution in [1.29, 1.82) is 0 Å². The lowest BCUT2D eigenvalue weighted by Crippen LogP contribution is -2.36. The zero-order chi connectivity index (χ0) is 50.7. The van der Waals surface area contributed by atoms with Gasteiger partial charge in [-0.3, -0.25) is 24.9 Å². The number of aromatic nitrogens is 7. The molecule has 2 unspecified atom stereocenters. The number of para-hydroxylation sites is 5. The molecule has 1 saturated heterocycles. The molecular formula is C56H73N9O3S. The molecular weight excluding hydrogens is 879 g/mol. The summed E-state index contributed by atoms with van der Waals surface area (Å²) in [7, 11) is 0. The highest BCUT2D eigenvalue weighted by atomic mass is 32.1. The Morgan fingerprint density at radius 1 is 0.391 bits per heavy atom. The molecule has 0 bridgehead atoms. The predicted octanol–water partition coefficient (Wildman–Crippen LogP) is 13.7. The normalized spacial score (nSPS) is 13.3. The molecule has 2 aliphatic heterocycles. The molecule has 1 aliphatic carbocycles. The lowest BCUT2D eigenvalue weighted by atomic mass is 10.1. The highest BCUT2D eigenvalue weighted by Gasteiger charge is 2.23. The number of ether oxygens (including phenoxy) is 2. The van der Waals surface area contributed by atoms with Gasteiger partial charge in [-0.2, -0.15) is 8.75 Å². The van der Waals surface area contributed by atoms with Gasteiger partial charge in [-0.05, 0) is 71.0 Å². The van der Waals surface area contributed by atoms with E-state index in [2.05, 4.69) is 60.8 Å². The summed E-state index contributed by atoms with van der Waals surface area (Å²) in [5.41, 5.74) is 6.54. The van der Waals surface area contributed by atoms with Crippen molar-refractivity contribution >= 4 is 55.7 Å². The lowest BCUT2D eigenvalue weighted by Gasteiger charge is -2.29. The van der Waals surface area contributed by atoms with Crippen LogP contribution in [0.25, 0.3) is 44.0 Å². The highest BCUT2D eigenvalue weighted by molar-refractivity contribution is 7.00. The van der Waals surface area contributed by atoms with Crippen LogP contribution in [0.2, 0.25) is 0 Å². The van der Waals surface area contributed by atoms with Crippen molar-refractivity contribution in [3.05, 3.63) is 187 Å². The van der Waals surface area contributed by atoms with Crippen LogP contribution in [0.5, 0.6) is 0 Å². The second kappa shape index (κ2) is 40.2. The first-order valence-corrected chi connectivity index (χ1v) is 24.9. The van der Waals surface area contributed by atoms with Crippen molar-refractivity contribution in [1.82, 2.24) is 34.0 Å². The second-order valence-corrected chi connectivity index (χ2v) is 12.7. The van der Waals surface area contributed by atoms with Crippen molar-refractivity contribution in [2.24, 2.45) is 9.98 Å². The van der Waals surface area contributed by atoms with E-state index in [1.807, 2.05) is 235 Å². The Morgan fingerprint density at radius 2 is 0.754 bits per heavy atom. The van der Waals surface area contributed by atoms with Crippen molar-refractivity contribution in [2.75, 3.05) is 19.9 Å². The molecule has 366 valence electrons. The van der Waals surface area contributed by atoms with Gasteiger partial charge in [0.25, 0.3) is 0 Å². The van der Waals surface area contributed by atoms with Crippen molar-refractivity contribution < 1.29 is 14.1 Å². The molecule has 12 rings (SSSR count). The van der Waals surface area contributed by atoms with E-state index in [-0.39, 0.29) is 12.2 Å². The number of hydrogen-bond acceptors (Lipinski definition) is 13. The standard InChI is InChI=1S/C9H7N.C8H6N2.C8H10O2.C7H6N2.C6H4N2O.C6H4N2S.6C2H6/c1-2-6-9-8(4-1)5-3-7-10-9;2*1-2-4-8-7(3-1)9-5-6-10-8;1-2-4-7-6(3-1)8-5-9-7;2*1-2-4-6-5(3-1)7-9-8-6;6*1-2/h1-7H;1-6H;1-4,7-8H,5-6H2;1-4H,5H2;2*1-4H;6*1-2H3. The largest absolute Gasteiger partial charge is 0.369 e. The summed E-state index contributed by atoms with van der Waals surface area (Å²) in [5, 5.41) is 10.5. The summed E-state index contributed by atoms with van der Waals surface area (Å²) in [4.78, 5) is 20.7. The third-order valence-corrected chi connectivity index (χ3v) is 8.87. The molecule has 12 nitrogen and oxygen atoms in total. The highest BCUT2D eigenvalue weighted by Crippen LogP contribution is 2.16. The van der Waals surface area contributed by atoms with E-state index < -0.39 is 0 Å². The van der Waals surface area contributed by atoms with Crippen LogP contribution in [0.1, 0.15) is 83.1 Å². The first kappa shape index (κ1) is 60.1. The zero-order valence-electron chi connectivity index (χ0n) is 42.7. The summed E-state index contributed by atoms with van der Waals surface area (Å²) in [5.74, 6) is 0. The molecule has 0 N–H and O–H groups in total. The van der Waals surface area contributed by atoms with E-state index >= 15 is 0 Å². The van der Waals surface area contributed by atoms with Crippen LogP contribution in [0.4, 0.5) is 0 Å². The Morgan fingerprint density at radius 3 is 1.20 bits per heavy atom. The Hall–Kier alpha value is -6.93.